The number of carbonyl (C=O) groups is 2. The number of hydrogen-bond acceptors (Lipinski definition) is 5. The van der Waals surface area contributed by atoms with Crippen LogP contribution < -0.4 is 0 Å². The first-order valence-corrected chi connectivity index (χ1v) is 7.78. The summed E-state index contributed by atoms with van der Waals surface area (Å²) in [6, 6.07) is 0. The lowest BCUT2D eigenvalue weighted by atomic mass is 9.84. The summed E-state index contributed by atoms with van der Waals surface area (Å²) < 4.78 is 16.4. The molecule has 3 rings (SSSR count). The summed E-state index contributed by atoms with van der Waals surface area (Å²) in [6.45, 7) is 7.66. The van der Waals surface area contributed by atoms with Gasteiger partial charge in [-0.25, -0.2) is 4.79 Å². The zero-order valence-corrected chi connectivity index (χ0v) is 13.1. The fraction of sp³-hybridized carbons (Fsp3) is 0.647. The molecule has 0 aromatic heterocycles. The van der Waals surface area contributed by atoms with E-state index in [0.717, 1.165) is 24.8 Å². The van der Waals surface area contributed by atoms with Gasteiger partial charge in [0.1, 0.15) is 12.7 Å². The minimum Gasteiger partial charge on any atom is -0.461 e. The van der Waals surface area contributed by atoms with Crippen LogP contribution in [0.4, 0.5) is 0 Å². The molecular weight excluding hydrogens is 284 g/mol. The summed E-state index contributed by atoms with van der Waals surface area (Å²) in [5, 5.41) is 0. The number of fused-ring (bicyclic) bond motifs is 2. The van der Waals surface area contributed by atoms with Crippen molar-refractivity contribution in [3.8, 4) is 0 Å². The maximum absolute atomic E-state index is 11.8. The SMILES string of the molecule is C=C1C(=O)O[C@H]2C[C@]3(C)O[C@@H]3CC/C(COC(C)=O)=C/C[C@@H]12. The molecule has 0 unspecified atom stereocenters. The zero-order chi connectivity index (χ0) is 15.9. The van der Waals surface area contributed by atoms with Crippen molar-refractivity contribution in [2.75, 3.05) is 6.61 Å². The van der Waals surface area contributed by atoms with Gasteiger partial charge in [0.2, 0.25) is 0 Å². The summed E-state index contributed by atoms with van der Waals surface area (Å²) in [7, 11) is 0. The molecule has 0 aromatic rings. The molecule has 2 aliphatic heterocycles. The quantitative estimate of drug-likeness (QED) is 0.339. The highest BCUT2D eigenvalue weighted by Crippen LogP contribution is 2.47. The lowest BCUT2D eigenvalue weighted by Gasteiger charge is -2.20. The van der Waals surface area contributed by atoms with Crippen molar-refractivity contribution in [1.29, 1.82) is 0 Å². The first kappa shape index (κ1) is 15.3. The summed E-state index contributed by atoms with van der Waals surface area (Å²) in [5.74, 6) is -0.600. The van der Waals surface area contributed by atoms with Gasteiger partial charge in [-0.2, -0.15) is 0 Å². The van der Waals surface area contributed by atoms with Gasteiger partial charge < -0.3 is 14.2 Å². The molecule has 22 heavy (non-hydrogen) atoms. The van der Waals surface area contributed by atoms with E-state index < -0.39 is 0 Å². The van der Waals surface area contributed by atoms with E-state index in [9.17, 15) is 9.59 Å². The Labute approximate surface area is 130 Å². The molecule has 5 heteroatoms. The third kappa shape index (κ3) is 2.95. The molecule has 0 N–H and O–H groups in total. The van der Waals surface area contributed by atoms with Gasteiger partial charge in [0.15, 0.2) is 0 Å². The molecule has 3 aliphatic rings. The normalized spacial score (nSPS) is 39.9. The Morgan fingerprint density at radius 2 is 2.32 bits per heavy atom. The van der Waals surface area contributed by atoms with Crippen molar-refractivity contribution in [3.05, 3.63) is 23.8 Å². The zero-order valence-electron chi connectivity index (χ0n) is 13.1. The van der Waals surface area contributed by atoms with E-state index in [1.807, 2.05) is 0 Å². The van der Waals surface area contributed by atoms with Crippen molar-refractivity contribution in [2.45, 2.75) is 57.3 Å². The van der Waals surface area contributed by atoms with Crippen LogP contribution in [0, 0.1) is 5.92 Å². The Balaban J connectivity index is 1.78. The van der Waals surface area contributed by atoms with E-state index in [4.69, 9.17) is 14.2 Å². The second kappa shape index (κ2) is 5.54. The predicted molar refractivity (Wildman–Crippen MR) is 79.0 cm³/mol. The van der Waals surface area contributed by atoms with Crippen LogP contribution >= 0.6 is 0 Å². The van der Waals surface area contributed by atoms with Gasteiger partial charge >= 0.3 is 11.9 Å². The summed E-state index contributed by atoms with van der Waals surface area (Å²) >= 11 is 0. The van der Waals surface area contributed by atoms with Gasteiger partial charge in [0.05, 0.1) is 11.7 Å². The van der Waals surface area contributed by atoms with E-state index in [1.165, 1.54) is 6.92 Å². The van der Waals surface area contributed by atoms with Gasteiger partial charge in [-0.05, 0) is 31.8 Å². The maximum atomic E-state index is 11.8. The molecule has 0 saturated carbocycles. The topological polar surface area (TPSA) is 65.1 Å². The summed E-state index contributed by atoms with van der Waals surface area (Å²) in [6.07, 6.45) is 5.23. The van der Waals surface area contributed by atoms with Crippen LogP contribution in [0.3, 0.4) is 0 Å². The fourth-order valence-electron chi connectivity index (χ4n) is 3.42. The van der Waals surface area contributed by atoms with Gasteiger partial charge in [-0.15, -0.1) is 0 Å². The number of rotatable bonds is 2. The minimum absolute atomic E-state index is 0.0143. The van der Waals surface area contributed by atoms with Crippen molar-refractivity contribution in [1.82, 2.24) is 0 Å². The van der Waals surface area contributed by atoms with Crippen molar-refractivity contribution < 1.29 is 23.8 Å². The Bertz CT molecular complexity index is 549. The molecule has 0 amide bonds. The Morgan fingerprint density at radius 3 is 3.05 bits per heavy atom. The van der Waals surface area contributed by atoms with E-state index in [-0.39, 0.29) is 35.7 Å². The lowest BCUT2D eigenvalue weighted by Crippen LogP contribution is -2.26. The van der Waals surface area contributed by atoms with Crippen LogP contribution in [0.1, 0.15) is 39.5 Å². The van der Waals surface area contributed by atoms with E-state index in [0.29, 0.717) is 18.6 Å². The molecule has 2 saturated heterocycles. The highest BCUT2D eigenvalue weighted by molar-refractivity contribution is 5.90. The van der Waals surface area contributed by atoms with Crippen molar-refractivity contribution >= 4 is 11.9 Å². The van der Waals surface area contributed by atoms with Crippen molar-refractivity contribution in [3.63, 3.8) is 0 Å². The third-order valence-corrected chi connectivity index (χ3v) is 4.91. The third-order valence-electron chi connectivity index (χ3n) is 4.91. The molecule has 1 aliphatic carbocycles. The number of epoxide rings is 1. The first-order chi connectivity index (χ1) is 10.4. The van der Waals surface area contributed by atoms with Crippen molar-refractivity contribution in [2.24, 2.45) is 5.92 Å². The standard InChI is InChI=1S/C17H22O5/c1-10-13-6-4-12(9-20-11(2)18)5-7-15-17(3,22-15)8-14(13)21-16(10)19/h4,13-15H,1,5-9H2,2-3H3/b12-4-/t13-,14-,15+,17-/m0/s1. The molecule has 0 aromatic carbocycles. The van der Waals surface area contributed by atoms with Crippen LogP contribution in [0.15, 0.2) is 23.8 Å². The molecule has 2 fully saturated rings. The summed E-state index contributed by atoms with van der Waals surface area (Å²) in [4.78, 5) is 22.8. The highest BCUT2D eigenvalue weighted by Gasteiger charge is 2.55. The highest BCUT2D eigenvalue weighted by atomic mass is 16.6. The van der Waals surface area contributed by atoms with E-state index >= 15 is 0 Å². The summed E-state index contributed by atoms with van der Waals surface area (Å²) in [5.41, 5.74) is 1.40. The molecule has 2 heterocycles. The smallest absolute Gasteiger partial charge is 0.334 e. The molecular formula is C17H22O5. The number of ether oxygens (including phenoxy) is 3. The van der Waals surface area contributed by atoms with Gasteiger partial charge in [-0.3, -0.25) is 4.79 Å². The molecule has 120 valence electrons. The van der Waals surface area contributed by atoms with Crippen LogP contribution in [0.5, 0.6) is 0 Å². The Hall–Kier alpha value is -1.62. The van der Waals surface area contributed by atoms with Crippen LogP contribution in [0.2, 0.25) is 0 Å². The van der Waals surface area contributed by atoms with E-state index in [2.05, 4.69) is 19.6 Å². The van der Waals surface area contributed by atoms with Gasteiger partial charge in [0.25, 0.3) is 0 Å². The first-order valence-electron chi connectivity index (χ1n) is 7.78. The largest absolute Gasteiger partial charge is 0.461 e. The Kier molecular flexibility index (Phi) is 3.85. The maximum Gasteiger partial charge on any atom is 0.334 e. The number of hydrogen-bond donors (Lipinski definition) is 0. The van der Waals surface area contributed by atoms with Crippen LogP contribution in [-0.4, -0.2) is 36.4 Å². The van der Waals surface area contributed by atoms with Crippen LogP contribution in [0.25, 0.3) is 0 Å². The number of carbonyl (C=O) groups excluding carboxylic acids is 2. The molecule has 0 bridgehead atoms. The Morgan fingerprint density at radius 1 is 1.55 bits per heavy atom. The van der Waals surface area contributed by atoms with Gasteiger partial charge in [-0.1, -0.05) is 12.7 Å². The van der Waals surface area contributed by atoms with E-state index in [1.54, 1.807) is 0 Å². The number of esters is 2. The molecule has 5 nitrogen and oxygen atoms in total. The van der Waals surface area contributed by atoms with Crippen LogP contribution in [-0.2, 0) is 23.8 Å². The lowest BCUT2D eigenvalue weighted by molar-refractivity contribution is -0.141. The molecule has 0 radical (unpaired) electrons. The molecule has 4 atom stereocenters. The molecule has 0 spiro atoms. The average Bonchev–Trinajstić information content (AvgIpc) is 3.01. The fourth-order valence-corrected chi connectivity index (χ4v) is 3.42. The number of allylic oxidation sites excluding steroid dienone is 1. The minimum atomic E-state index is -0.301. The monoisotopic (exact) mass is 306 g/mol. The predicted octanol–water partition coefficient (Wildman–Crippen LogP) is 2.31. The second-order valence-corrected chi connectivity index (χ2v) is 6.62. The van der Waals surface area contributed by atoms with Gasteiger partial charge in [0, 0.05) is 24.8 Å². The average molecular weight is 306 g/mol. The second-order valence-electron chi connectivity index (χ2n) is 6.62.